The van der Waals surface area contributed by atoms with E-state index in [2.05, 4.69) is 31.3 Å². The lowest BCUT2D eigenvalue weighted by molar-refractivity contribution is 0.324. The molecular weight excluding hydrogens is 306 g/mol. The van der Waals surface area contributed by atoms with E-state index in [1.165, 1.54) is 5.39 Å². The molecule has 3 rings (SSSR count). The molecule has 0 amide bonds. The highest BCUT2D eigenvalue weighted by molar-refractivity contribution is 7.80. The topological polar surface area (TPSA) is 105 Å². The largest absolute Gasteiger partial charge is 0.397 e. The molecule has 1 aromatic carbocycles. The maximum Gasteiger partial charge on any atom is 0.397 e. The monoisotopic (exact) mass is 323 g/mol. The fourth-order valence-electron chi connectivity index (χ4n) is 1.36. The first-order valence-corrected chi connectivity index (χ1v) is 7.57. The third-order valence-corrected chi connectivity index (χ3v) is 2.78. The molecule has 0 aliphatic heterocycles. The predicted octanol–water partition coefficient (Wildman–Crippen LogP) is 2.39. The average Bonchev–Trinajstić information content (AvgIpc) is 2.99. The van der Waals surface area contributed by atoms with Crippen molar-refractivity contribution in [3.8, 4) is 0 Å². The molecule has 0 aliphatic carbocycles. The van der Waals surface area contributed by atoms with Gasteiger partial charge in [-0.15, -0.1) is 0 Å². The number of aryl methyl sites for hydroxylation is 1. The van der Waals surface area contributed by atoms with Crippen LogP contribution in [0, 0.1) is 6.92 Å². The number of para-hydroxylation sites is 1. The van der Waals surface area contributed by atoms with Crippen LogP contribution < -0.4 is 0 Å². The molecular formula is C14H17N3O4S. The van der Waals surface area contributed by atoms with E-state index < -0.39 is 10.4 Å². The van der Waals surface area contributed by atoms with Crippen molar-refractivity contribution in [2.45, 2.75) is 6.92 Å². The number of aromatic nitrogens is 3. The maximum atomic E-state index is 9.33. The minimum atomic E-state index is -4.16. The van der Waals surface area contributed by atoms with Crippen LogP contribution in [0.3, 0.4) is 0 Å². The van der Waals surface area contributed by atoms with Crippen LogP contribution in [-0.4, -0.2) is 35.0 Å². The number of aromatic amines is 1. The molecule has 8 heteroatoms. The summed E-state index contributed by atoms with van der Waals surface area (Å²) < 4.78 is 29.7. The first kappa shape index (κ1) is 17.8. The first-order valence-electron chi connectivity index (χ1n) is 6.21. The van der Waals surface area contributed by atoms with Gasteiger partial charge in [-0.3, -0.25) is 13.7 Å². The Morgan fingerprint density at radius 1 is 1.09 bits per heavy atom. The summed E-state index contributed by atoms with van der Waals surface area (Å²) in [5, 5.41) is 1.20. The summed E-state index contributed by atoms with van der Waals surface area (Å²) in [7, 11) is -3.29. The van der Waals surface area contributed by atoms with Gasteiger partial charge in [-0.1, -0.05) is 24.3 Å². The van der Waals surface area contributed by atoms with Gasteiger partial charge in [0.25, 0.3) is 0 Å². The maximum absolute atomic E-state index is 9.33. The Hall–Kier alpha value is -2.29. The van der Waals surface area contributed by atoms with Crippen LogP contribution in [0.25, 0.3) is 10.9 Å². The van der Waals surface area contributed by atoms with Gasteiger partial charge in [-0.25, -0.2) is 4.98 Å². The van der Waals surface area contributed by atoms with Crippen LogP contribution in [0.5, 0.6) is 0 Å². The van der Waals surface area contributed by atoms with Crippen molar-refractivity contribution in [2.24, 2.45) is 0 Å². The first-order chi connectivity index (χ1) is 10.4. The minimum absolute atomic E-state index is 0.870. The predicted molar refractivity (Wildman–Crippen MR) is 83.6 cm³/mol. The fraction of sp³-hybridized carbons (Fsp3) is 0.143. The van der Waals surface area contributed by atoms with Crippen LogP contribution in [0.1, 0.15) is 5.82 Å². The van der Waals surface area contributed by atoms with Gasteiger partial charge in [0.05, 0.1) is 12.6 Å². The normalized spacial score (nSPS) is 10.1. The van der Waals surface area contributed by atoms with Crippen LogP contribution in [0.15, 0.2) is 55.0 Å². The molecule has 0 fully saturated rings. The molecule has 0 atom stereocenters. The Morgan fingerprint density at radius 2 is 1.73 bits per heavy atom. The summed E-state index contributed by atoms with van der Waals surface area (Å²) in [5.41, 5.74) is 1.06. The van der Waals surface area contributed by atoms with E-state index in [9.17, 15) is 8.42 Å². The Labute approximate surface area is 129 Å². The van der Waals surface area contributed by atoms with Crippen molar-refractivity contribution >= 4 is 21.3 Å². The van der Waals surface area contributed by atoms with Crippen molar-refractivity contribution in [1.29, 1.82) is 0 Å². The zero-order valence-electron chi connectivity index (χ0n) is 12.2. The smallest absolute Gasteiger partial charge is 0.349 e. The molecule has 22 heavy (non-hydrogen) atoms. The Bertz CT molecular complexity index is 708. The third kappa shape index (κ3) is 7.48. The standard InChI is InChI=1S/C9H7N.C4H6N2.CH4O4S/c1-2-6-9-8(4-1)5-3-7-10-9;1-4-5-2-3-6-4;1-5-6(2,3)4/h1-7H;2-3H,1H3,(H,5,6);1H3,(H,2,3,4). The molecule has 0 saturated heterocycles. The van der Waals surface area contributed by atoms with Crippen molar-refractivity contribution in [3.63, 3.8) is 0 Å². The summed E-state index contributed by atoms with van der Waals surface area (Å²) >= 11 is 0. The van der Waals surface area contributed by atoms with Gasteiger partial charge in [-0.2, -0.15) is 8.42 Å². The number of imidazole rings is 1. The van der Waals surface area contributed by atoms with Gasteiger partial charge in [0, 0.05) is 24.0 Å². The lowest BCUT2D eigenvalue weighted by atomic mass is 10.2. The lowest BCUT2D eigenvalue weighted by Gasteiger charge is -1.91. The summed E-state index contributed by atoms with van der Waals surface area (Å²) in [4.78, 5) is 10.9. The van der Waals surface area contributed by atoms with E-state index >= 15 is 0 Å². The van der Waals surface area contributed by atoms with Crippen LogP contribution >= 0.6 is 0 Å². The second-order valence-electron chi connectivity index (χ2n) is 3.97. The molecule has 7 nitrogen and oxygen atoms in total. The van der Waals surface area contributed by atoms with Gasteiger partial charge in [0.2, 0.25) is 0 Å². The number of rotatable bonds is 1. The molecule has 2 N–H and O–H groups in total. The molecule has 0 spiro atoms. The van der Waals surface area contributed by atoms with Gasteiger partial charge in [0.1, 0.15) is 5.82 Å². The van der Waals surface area contributed by atoms with E-state index in [-0.39, 0.29) is 0 Å². The minimum Gasteiger partial charge on any atom is -0.349 e. The zero-order valence-corrected chi connectivity index (χ0v) is 13.0. The number of benzene rings is 1. The molecule has 2 aromatic heterocycles. The summed E-state index contributed by atoms with van der Waals surface area (Å²) in [5.74, 6) is 0.968. The van der Waals surface area contributed by atoms with Gasteiger partial charge in [0.15, 0.2) is 0 Å². The molecule has 0 bridgehead atoms. The van der Waals surface area contributed by atoms with Crippen LogP contribution in [-0.2, 0) is 14.6 Å². The molecule has 2 heterocycles. The highest BCUT2D eigenvalue weighted by Crippen LogP contribution is 2.07. The zero-order chi connectivity index (χ0) is 16.4. The number of hydrogen-bond donors (Lipinski definition) is 2. The average molecular weight is 323 g/mol. The van der Waals surface area contributed by atoms with Crippen molar-refractivity contribution in [3.05, 3.63) is 60.8 Å². The van der Waals surface area contributed by atoms with E-state index in [1.54, 1.807) is 12.4 Å². The number of hydrogen-bond acceptors (Lipinski definition) is 5. The number of pyridine rings is 1. The van der Waals surface area contributed by atoms with Gasteiger partial charge in [-0.05, 0) is 19.1 Å². The summed E-state index contributed by atoms with van der Waals surface area (Å²) in [6.07, 6.45) is 5.34. The fourth-order valence-corrected chi connectivity index (χ4v) is 1.36. The van der Waals surface area contributed by atoms with Crippen molar-refractivity contribution in [2.75, 3.05) is 7.11 Å². The van der Waals surface area contributed by atoms with E-state index in [0.29, 0.717) is 0 Å². The Balaban J connectivity index is 0.000000176. The van der Waals surface area contributed by atoms with Crippen LogP contribution in [0.4, 0.5) is 0 Å². The molecule has 0 aliphatic rings. The second-order valence-corrected chi connectivity index (χ2v) is 5.15. The summed E-state index contributed by atoms with van der Waals surface area (Å²) in [6, 6.07) is 12.1. The molecule has 118 valence electrons. The highest BCUT2D eigenvalue weighted by Gasteiger charge is 1.94. The quantitative estimate of drug-likeness (QED) is 0.666. The van der Waals surface area contributed by atoms with E-state index in [1.807, 2.05) is 37.4 Å². The number of H-pyrrole nitrogens is 1. The van der Waals surface area contributed by atoms with Crippen molar-refractivity contribution < 1.29 is 17.2 Å². The molecule has 3 aromatic rings. The van der Waals surface area contributed by atoms with Crippen molar-refractivity contribution in [1.82, 2.24) is 15.0 Å². The molecule has 0 saturated carbocycles. The Kier molecular flexibility index (Phi) is 7.17. The highest BCUT2D eigenvalue weighted by atomic mass is 32.3. The van der Waals surface area contributed by atoms with Gasteiger partial charge < -0.3 is 4.98 Å². The van der Waals surface area contributed by atoms with E-state index in [0.717, 1.165) is 18.5 Å². The number of nitrogens with one attached hydrogen (secondary N) is 1. The van der Waals surface area contributed by atoms with Crippen LogP contribution in [0.2, 0.25) is 0 Å². The SMILES string of the molecule is COS(=O)(=O)O.Cc1ncc[nH]1.c1ccc2ncccc2c1. The third-order valence-electron chi connectivity index (χ3n) is 2.36. The lowest BCUT2D eigenvalue weighted by Crippen LogP contribution is -1.96. The van der Waals surface area contributed by atoms with Gasteiger partial charge >= 0.3 is 10.4 Å². The van der Waals surface area contributed by atoms with E-state index in [4.69, 9.17) is 4.55 Å². The number of fused-ring (bicyclic) bond motifs is 1. The Morgan fingerprint density at radius 3 is 2.18 bits per heavy atom. The molecule has 0 radical (unpaired) electrons. The number of nitrogens with zero attached hydrogens (tertiary/aromatic N) is 2. The summed E-state index contributed by atoms with van der Waals surface area (Å²) in [6.45, 7) is 1.92. The molecule has 0 unspecified atom stereocenters. The second kappa shape index (κ2) is 8.88.